The average molecular weight is 463 g/mol. The molecule has 0 radical (unpaired) electrons. The molecule has 0 spiro atoms. The van der Waals surface area contributed by atoms with Crippen molar-refractivity contribution in [3.05, 3.63) is 107 Å². The quantitative estimate of drug-likeness (QED) is 0.357. The van der Waals surface area contributed by atoms with E-state index in [1.54, 1.807) is 17.0 Å². The first-order valence-electron chi connectivity index (χ1n) is 11.5. The number of halogens is 1. The Kier molecular flexibility index (Phi) is 9.52. The van der Waals surface area contributed by atoms with E-state index in [4.69, 9.17) is 11.6 Å². The highest BCUT2D eigenvalue weighted by molar-refractivity contribution is 6.30. The minimum atomic E-state index is -0.715. The van der Waals surface area contributed by atoms with Crippen LogP contribution >= 0.6 is 11.6 Å². The number of carbonyl (C=O) groups excluding carboxylic acids is 2. The summed E-state index contributed by atoms with van der Waals surface area (Å²) in [5.41, 5.74) is 2.63. The van der Waals surface area contributed by atoms with Gasteiger partial charge in [0, 0.05) is 18.1 Å². The average Bonchev–Trinajstić information content (AvgIpc) is 2.84. The highest BCUT2D eigenvalue weighted by atomic mass is 35.5. The summed E-state index contributed by atoms with van der Waals surface area (Å²) in [6.07, 6.45) is 3.24. The fourth-order valence-corrected chi connectivity index (χ4v) is 3.90. The maximum atomic E-state index is 13.6. The van der Waals surface area contributed by atoms with Crippen LogP contribution < -0.4 is 5.32 Å². The maximum Gasteiger partial charge on any atom is 0.247 e. The Morgan fingerprint density at radius 2 is 1.48 bits per heavy atom. The highest BCUT2D eigenvalue weighted by Crippen LogP contribution is 2.25. The summed E-state index contributed by atoms with van der Waals surface area (Å²) in [7, 11) is 0. The van der Waals surface area contributed by atoms with Crippen LogP contribution in [0, 0.1) is 0 Å². The Morgan fingerprint density at radius 3 is 2.12 bits per heavy atom. The molecule has 0 bridgehead atoms. The van der Waals surface area contributed by atoms with Gasteiger partial charge >= 0.3 is 0 Å². The molecule has 0 heterocycles. The standard InChI is InChI=1S/C28H31ClN2O2/c1-2-3-10-19-30-28(33)27(24-13-8-5-9-14-24)31(21-23-11-6-4-7-12-23)26(32)20-22-15-17-25(29)18-16-22/h4-9,11-18,27H,2-3,10,19-21H2,1H3,(H,30,33). The van der Waals surface area contributed by atoms with Crippen molar-refractivity contribution in [3.63, 3.8) is 0 Å². The molecular weight excluding hydrogens is 432 g/mol. The molecule has 2 amide bonds. The SMILES string of the molecule is CCCCCNC(=O)C(c1ccccc1)N(Cc1ccccc1)C(=O)Cc1ccc(Cl)cc1. The van der Waals surface area contributed by atoms with E-state index in [-0.39, 0.29) is 18.2 Å². The van der Waals surface area contributed by atoms with Gasteiger partial charge in [0.05, 0.1) is 6.42 Å². The van der Waals surface area contributed by atoms with Gasteiger partial charge in [-0.2, -0.15) is 0 Å². The third-order valence-electron chi connectivity index (χ3n) is 5.54. The number of nitrogens with one attached hydrogen (secondary N) is 1. The highest BCUT2D eigenvalue weighted by Gasteiger charge is 2.31. The lowest BCUT2D eigenvalue weighted by Gasteiger charge is -2.32. The van der Waals surface area contributed by atoms with Crippen LogP contribution in [-0.2, 0) is 22.6 Å². The number of carbonyl (C=O) groups is 2. The van der Waals surface area contributed by atoms with Crippen molar-refractivity contribution in [1.82, 2.24) is 10.2 Å². The Hall–Kier alpha value is -3.11. The zero-order valence-electron chi connectivity index (χ0n) is 19.0. The van der Waals surface area contributed by atoms with Gasteiger partial charge < -0.3 is 10.2 Å². The fraction of sp³-hybridized carbons (Fsp3) is 0.286. The van der Waals surface area contributed by atoms with Crippen molar-refractivity contribution in [2.75, 3.05) is 6.54 Å². The zero-order chi connectivity index (χ0) is 23.5. The number of hydrogen-bond donors (Lipinski definition) is 1. The molecule has 0 saturated heterocycles. The molecule has 1 N–H and O–H groups in total. The monoisotopic (exact) mass is 462 g/mol. The fourth-order valence-electron chi connectivity index (χ4n) is 3.77. The van der Waals surface area contributed by atoms with E-state index < -0.39 is 6.04 Å². The van der Waals surface area contributed by atoms with Crippen LogP contribution in [0.25, 0.3) is 0 Å². The van der Waals surface area contributed by atoms with E-state index in [0.29, 0.717) is 18.1 Å². The van der Waals surface area contributed by atoms with E-state index in [0.717, 1.165) is 36.0 Å². The number of unbranched alkanes of at least 4 members (excludes halogenated alkanes) is 2. The summed E-state index contributed by atoms with van der Waals surface area (Å²) in [4.78, 5) is 28.7. The maximum absolute atomic E-state index is 13.6. The molecule has 1 atom stereocenters. The normalized spacial score (nSPS) is 11.6. The summed E-state index contributed by atoms with van der Waals surface area (Å²) in [5, 5.41) is 3.68. The smallest absolute Gasteiger partial charge is 0.247 e. The molecule has 172 valence electrons. The van der Waals surface area contributed by atoms with E-state index in [9.17, 15) is 9.59 Å². The number of nitrogens with zero attached hydrogens (tertiary/aromatic N) is 1. The molecule has 0 aromatic heterocycles. The summed E-state index contributed by atoms with van der Waals surface area (Å²) in [5.74, 6) is -0.267. The molecule has 5 heteroatoms. The molecule has 0 aliphatic heterocycles. The molecule has 33 heavy (non-hydrogen) atoms. The molecule has 1 unspecified atom stereocenters. The topological polar surface area (TPSA) is 49.4 Å². The van der Waals surface area contributed by atoms with Crippen LogP contribution in [0.3, 0.4) is 0 Å². The van der Waals surface area contributed by atoms with Gasteiger partial charge in [-0.05, 0) is 35.2 Å². The van der Waals surface area contributed by atoms with Gasteiger partial charge in [-0.3, -0.25) is 9.59 Å². The molecule has 3 aromatic carbocycles. The summed E-state index contributed by atoms with van der Waals surface area (Å²) in [6.45, 7) is 3.07. The van der Waals surface area contributed by atoms with E-state index in [1.165, 1.54) is 0 Å². The Bertz CT molecular complexity index is 1010. The molecule has 4 nitrogen and oxygen atoms in total. The van der Waals surface area contributed by atoms with Gasteiger partial charge in [0.2, 0.25) is 11.8 Å². The third kappa shape index (κ3) is 7.47. The van der Waals surface area contributed by atoms with E-state index in [2.05, 4.69) is 12.2 Å². The summed E-state index contributed by atoms with van der Waals surface area (Å²) < 4.78 is 0. The number of benzene rings is 3. The van der Waals surface area contributed by atoms with Gasteiger partial charge in [0.1, 0.15) is 6.04 Å². The Balaban J connectivity index is 1.92. The number of rotatable bonds is 11. The first-order valence-corrected chi connectivity index (χ1v) is 11.9. The van der Waals surface area contributed by atoms with Gasteiger partial charge in [-0.1, -0.05) is 104 Å². The molecule has 3 rings (SSSR count). The largest absolute Gasteiger partial charge is 0.354 e. The van der Waals surface area contributed by atoms with Crippen LogP contribution in [-0.4, -0.2) is 23.3 Å². The van der Waals surface area contributed by atoms with E-state index >= 15 is 0 Å². The Labute approximate surface area is 201 Å². The van der Waals surface area contributed by atoms with Gasteiger partial charge in [0.15, 0.2) is 0 Å². The van der Waals surface area contributed by atoms with Crippen LogP contribution in [0.5, 0.6) is 0 Å². The first kappa shape index (κ1) is 24.5. The summed E-state index contributed by atoms with van der Waals surface area (Å²) >= 11 is 6.01. The van der Waals surface area contributed by atoms with Crippen molar-refractivity contribution in [1.29, 1.82) is 0 Å². The van der Waals surface area contributed by atoms with Gasteiger partial charge in [-0.25, -0.2) is 0 Å². The van der Waals surface area contributed by atoms with Crippen molar-refractivity contribution < 1.29 is 9.59 Å². The molecular formula is C28H31ClN2O2. The van der Waals surface area contributed by atoms with Gasteiger partial charge in [0.25, 0.3) is 0 Å². The molecule has 0 aliphatic rings. The lowest BCUT2D eigenvalue weighted by Crippen LogP contribution is -2.44. The minimum Gasteiger partial charge on any atom is -0.354 e. The second-order valence-electron chi connectivity index (χ2n) is 8.12. The van der Waals surface area contributed by atoms with Crippen molar-refractivity contribution in [3.8, 4) is 0 Å². The lowest BCUT2D eigenvalue weighted by atomic mass is 10.0. The lowest BCUT2D eigenvalue weighted by molar-refractivity contribution is -0.141. The third-order valence-corrected chi connectivity index (χ3v) is 5.79. The number of hydrogen-bond acceptors (Lipinski definition) is 2. The second-order valence-corrected chi connectivity index (χ2v) is 8.56. The second kappa shape index (κ2) is 12.8. The van der Waals surface area contributed by atoms with Crippen LogP contribution in [0.1, 0.15) is 48.9 Å². The molecule has 0 fully saturated rings. The Morgan fingerprint density at radius 1 is 0.848 bits per heavy atom. The van der Waals surface area contributed by atoms with Crippen LogP contribution in [0.2, 0.25) is 5.02 Å². The first-order chi connectivity index (χ1) is 16.1. The van der Waals surface area contributed by atoms with Gasteiger partial charge in [-0.15, -0.1) is 0 Å². The van der Waals surface area contributed by atoms with Crippen molar-refractivity contribution in [2.24, 2.45) is 0 Å². The predicted molar refractivity (Wildman–Crippen MR) is 134 cm³/mol. The number of amides is 2. The zero-order valence-corrected chi connectivity index (χ0v) is 19.8. The predicted octanol–water partition coefficient (Wildman–Crippen LogP) is 5.96. The van der Waals surface area contributed by atoms with Crippen LogP contribution in [0.4, 0.5) is 0 Å². The van der Waals surface area contributed by atoms with Crippen LogP contribution in [0.15, 0.2) is 84.9 Å². The van der Waals surface area contributed by atoms with Crippen molar-refractivity contribution >= 4 is 23.4 Å². The molecule has 0 saturated carbocycles. The minimum absolute atomic E-state index is 0.112. The molecule has 0 aliphatic carbocycles. The van der Waals surface area contributed by atoms with E-state index in [1.807, 2.05) is 72.8 Å². The summed E-state index contributed by atoms with van der Waals surface area (Å²) in [6, 6.07) is 25.9. The molecule has 3 aromatic rings. The van der Waals surface area contributed by atoms with Crippen molar-refractivity contribution in [2.45, 2.75) is 45.2 Å².